The minimum atomic E-state index is -0.635. The Labute approximate surface area is 106 Å². The van der Waals surface area contributed by atoms with E-state index < -0.39 is 5.60 Å². The molecule has 2 fully saturated rings. The summed E-state index contributed by atoms with van der Waals surface area (Å²) >= 11 is 0. The van der Waals surface area contributed by atoms with Crippen LogP contribution in [0.3, 0.4) is 0 Å². The molecular formula is C12H19N5O. The molecular weight excluding hydrogens is 230 g/mol. The van der Waals surface area contributed by atoms with E-state index in [2.05, 4.69) is 20.2 Å². The topological polar surface area (TPSA) is 87.3 Å². The van der Waals surface area contributed by atoms with Crippen LogP contribution in [-0.4, -0.2) is 39.8 Å². The largest absolute Gasteiger partial charge is 0.388 e. The quantitative estimate of drug-likeness (QED) is 0.727. The Balaban J connectivity index is 1.80. The molecule has 1 atom stereocenters. The summed E-state index contributed by atoms with van der Waals surface area (Å²) in [5.74, 6) is 1.86. The monoisotopic (exact) mass is 249 g/mol. The fourth-order valence-electron chi connectivity index (χ4n) is 2.27. The Morgan fingerprint density at radius 1 is 1.50 bits per heavy atom. The number of anilines is 3. The van der Waals surface area contributed by atoms with Crippen molar-refractivity contribution in [2.24, 2.45) is 0 Å². The molecule has 6 heteroatoms. The van der Waals surface area contributed by atoms with Crippen molar-refractivity contribution in [3.63, 3.8) is 0 Å². The van der Waals surface area contributed by atoms with Gasteiger partial charge in [-0.3, -0.25) is 0 Å². The molecule has 0 amide bonds. The van der Waals surface area contributed by atoms with Crippen LogP contribution >= 0.6 is 0 Å². The van der Waals surface area contributed by atoms with Gasteiger partial charge >= 0.3 is 0 Å². The predicted octanol–water partition coefficient (Wildman–Crippen LogP) is 0.594. The van der Waals surface area contributed by atoms with Crippen molar-refractivity contribution in [2.75, 3.05) is 29.0 Å². The molecule has 1 saturated heterocycles. The number of aliphatic hydroxyl groups is 1. The summed E-state index contributed by atoms with van der Waals surface area (Å²) in [6.07, 6.45) is 3.14. The smallest absolute Gasteiger partial charge is 0.223 e. The molecule has 2 heterocycles. The van der Waals surface area contributed by atoms with Gasteiger partial charge in [-0.15, -0.1) is 0 Å². The van der Waals surface area contributed by atoms with Crippen LogP contribution < -0.4 is 16.0 Å². The maximum atomic E-state index is 9.99. The Bertz CT molecular complexity index is 458. The van der Waals surface area contributed by atoms with E-state index >= 15 is 0 Å². The van der Waals surface area contributed by atoms with E-state index in [1.54, 1.807) is 0 Å². The Morgan fingerprint density at radius 2 is 2.28 bits per heavy atom. The first-order valence-corrected chi connectivity index (χ1v) is 6.40. The van der Waals surface area contributed by atoms with Crippen molar-refractivity contribution in [2.45, 2.75) is 37.8 Å². The summed E-state index contributed by atoms with van der Waals surface area (Å²) in [6, 6.07) is 2.45. The van der Waals surface area contributed by atoms with Crippen LogP contribution in [-0.2, 0) is 0 Å². The van der Waals surface area contributed by atoms with Crippen LogP contribution in [0, 0.1) is 0 Å². The van der Waals surface area contributed by atoms with E-state index in [0.29, 0.717) is 12.6 Å². The third-order valence-electron chi connectivity index (χ3n) is 3.44. The molecule has 1 saturated carbocycles. The molecule has 3 rings (SSSR count). The van der Waals surface area contributed by atoms with Crippen molar-refractivity contribution < 1.29 is 5.11 Å². The molecule has 0 spiro atoms. The van der Waals surface area contributed by atoms with Gasteiger partial charge in [0.1, 0.15) is 11.6 Å². The lowest BCUT2D eigenvalue weighted by Crippen LogP contribution is -2.30. The summed E-state index contributed by atoms with van der Waals surface area (Å²) < 4.78 is 0. The lowest BCUT2D eigenvalue weighted by atomic mass is 10.1. The molecule has 4 N–H and O–H groups in total. The van der Waals surface area contributed by atoms with Gasteiger partial charge in [0.2, 0.25) is 5.95 Å². The first-order chi connectivity index (χ1) is 8.52. The number of β-amino-alcohol motifs (C(OH)–C–C–N with tert-alkyl or cyclic N) is 1. The van der Waals surface area contributed by atoms with Crippen LogP contribution in [0.2, 0.25) is 0 Å². The normalized spacial score (nSPS) is 27.6. The zero-order chi connectivity index (χ0) is 12.8. The number of nitrogen functional groups attached to an aromatic ring is 1. The van der Waals surface area contributed by atoms with Gasteiger partial charge in [0.05, 0.1) is 5.60 Å². The predicted molar refractivity (Wildman–Crippen MR) is 70.5 cm³/mol. The average molecular weight is 249 g/mol. The summed E-state index contributed by atoms with van der Waals surface area (Å²) in [7, 11) is 0. The molecule has 2 aliphatic rings. The fourth-order valence-corrected chi connectivity index (χ4v) is 2.27. The molecule has 18 heavy (non-hydrogen) atoms. The highest BCUT2D eigenvalue weighted by molar-refractivity contribution is 5.54. The summed E-state index contributed by atoms with van der Waals surface area (Å²) in [5.41, 5.74) is 5.10. The number of aromatic nitrogens is 2. The standard InChI is InChI=1S/C12H19N5O/c1-12(18)4-5-17(7-12)10-6-9(14-8-2-3-8)15-11(13)16-10/h6,8,18H,2-5,7H2,1H3,(H3,13,14,15,16). The van der Waals surface area contributed by atoms with E-state index in [9.17, 15) is 5.11 Å². The zero-order valence-electron chi connectivity index (χ0n) is 10.6. The number of nitrogens with zero attached hydrogens (tertiary/aromatic N) is 3. The van der Waals surface area contributed by atoms with Crippen molar-refractivity contribution in [1.82, 2.24) is 9.97 Å². The van der Waals surface area contributed by atoms with Crippen molar-refractivity contribution in [1.29, 1.82) is 0 Å². The van der Waals surface area contributed by atoms with Gasteiger partial charge < -0.3 is 21.1 Å². The molecule has 1 aliphatic heterocycles. The summed E-state index contributed by atoms with van der Waals surface area (Å²) in [6.45, 7) is 3.24. The molecule has 1 unspecified atom stereocenters. The molecule has 0 aromatic carbocycles. The highest BCUT2D eigenvalue weighted by Gasteiger charge is 2.32. The number of hydrogen-bond donors (Lipinski definition) is 3. The molecule has 0 radical (unpaired) electrons. The maximum absolute atomic E-state index is 9.99. The summed E-state index contributed by atoms with van der Waals surface area (Å²) in [5, 5.41) is 13.3. The minimum Gasteiger partial charge on any atom is -0.388 e. The highest BCUT2D eigenvalue weighted by atomic mass is 16.3. The summed E-state index contributed by atoms with van der Waals surface area (Å²) in [4.78, 5) is 10.5. The molecule has 0 bridgehead atoms. The second-order valence-corrected chi connectivity index (χ2v) is 5.56. The van der Waals surface area contributed by atoms with Crippen molar-refractivity contribution >= 4 is 17.6 Å². The van der Waals surface area contributed by atoms with E-state index in [1.807, 2.05) is 13.0 Å². The van der Waals surface area contributed by atoms with Crippen LogP contribution in [0.1, 0.15) is 26.2 Å². The molecule has 1 aromatic heterocycles. The van der Waals surface area contributed by atoms with Crippen LogP contribution in [0.15, 0.2) is 6.07 Å². The fraction of sp³-hybridized carbons (Fsp3) is 0.667. The third kappa shape index (κ3) is 2.48. The SMILES string of the molecule is CC1(O)CCN(c2cc(NC3CC3)nc(N)n2)C1. The number of hydrogen-bond acceptors (Lipinski definition) is 6. The van der Waals surface area contributed by atoms with Gasteiger partial charge in [0.25, 0.3) is 0 Å². The second-order valence-electron chi connectivity index (χ2n) is 5.56. The second kappa shape index (κ2) is 3.98. The number of nitrogens with two attached hydrogens (primary N) is 1. The highest BCUT2D eigenvalue weighted by Crippen LogP contribution is 2.29. The minimum absolute atomic E-state index is 0.280. The Kier molecular flexibility index (Phi) is 2.55. The van der Waals surface area contributed by atoms with Crippen LogP contribution in [0.25, 0.3) is 0 Å². The maximum Gasteiger partial charge on any atom is 0.223 e. The molecule has 98 valence electrons. The lowest BCUT2D eigenvalue weighted by Gasteiger charge is -2.20. The van der Waals surface area contributed by atoms with Gasteiger partial charge in [-0.1, -0.05) is 0 Å². The zero-order valence-corrected chi connectivity index (χ0v) is 10.6. The van der Waals surface area contributed by atoms with Crippen molar-refractivity contribution in [3.8, 4) is 0 Å². The average Bonchev–Trinajstić information content (AvgIpc) is 3.00. The van der Waals surface area contributed by atoms with Gasteiger partial charge in [0.15, 0.2) is 0 Å². The molecule has 1 aliphatic carbocycles. The van der Waals surface area contributed by atoms with Gasteiger partial charge in [-0.2, -0.15) is 9.97 Å². The van der Waals surface area contributed by atoms with Gasteiger partial charge in [-0.05, 0) is 26.2 Å². The Morgan fingerprint density at radius 3 is 2.89 bits per heavy atom. The van der Waals surface area contributed by atoms with Gasteiger partial charge in [0, 0.05) is 25.2 Å². The van der Waals surface area contributed by atoms with Gasteiger partial charge in [-0.25, -0.2) is 0 Å². The molecule has 1 aromatic rings. The van der Waals surface area contributed by atoms with E-state index in [-0.39, 0.29) is 5.95 Å². The molecule has 6 nitrogen and oxygen atoms in total. The van der Waals surface area contributed by atoms with E-state index in [0.717, 1.165) is 24.6 Å². The van der Waals surface area contributed by atoms with Crippen molar-refractivity contribution in [3.05, 3.63) is 6.07 Å². The Hall–Kier alpha value is -1.56. The van der Waals surface area contributed by atoms with Crippen LogP contribution in [0.5, 0.6) is 0 Å². The first-order valence-electron chi connectivity index (χ1n) is 6.40. The number of rotatable bonds is 3. The lowest BCUT2D eigenvalue weighted by molar-refractivity contribution is 0.0839. The number of nitrogens with one attached hydrogen (secondary N) is 1. The third-order valence-corrected chi connectivity index (χ3v) is 3.44. The first kappa shape index (κ1) is 11.5. The van der Waals surface area contributed by atoms with Crippen LogP contribution in [0.4, 0.5) is 17.6 Å². The van der Waals surface area contributed by atoms with E-state index in [1.165, 1.54) is 12.8 Å². The van der Waals surface area contributed by atoms with E-state index in [4.69, 9.17) is 5.73 Å².